The second-order valence-electron chi connectivity index (χ2n) is 1.46. The van der Waals surface area contributed by atoms with Gasteiger partial charge in [0.15, 0.2) is 0 Å². The highest BCUT2D eigenvalue weighted by Crippen LogP contribution is 2.36. The third kappa shape index (κ3) is 5.69. The molecule has 0 fully saturated rings. The van der Waals surface area contributed by atoms with Crippen molar-refractivity contribution in [1.29, 1.82) is 0 Å². The SMILES string of the molecule is C/C(N)=C/P(=O)(O)O. The van der Waals surface area contributed by atoms with Crippen LogP contribution in [0, 0.1) is 0 Å². The van der Waals surface area contributed by atoms with Gasteiger partial charge in [-0.25, -0.2) is 0 Å². The Labute approximate surface area is 47.2 Å². The Morgan fingerprint density at radius 3 is 2.12 bits per heavy atom. The molecule has 0 bridgehead atoms. The lowest BCUT2D eigenvalue weighted by Crippen LogP contribution is -1.89. The van der Waals surface area contributed by atoms with Gasteiger partial charge in [0.2, 0.25) is 0 Å². The Balaban J connectivity index is 4.11. The van der Waals surface area contributed by atoms with Crippen molar-refractivity contribution >= 4 is 7.60 Å². The molecule has 0 aliphatic carbocycles. The van der Waals surface area contributed by atoms with Crippen molar-refractivity contribution in [2.75, 3.05) is 0 Å². The minimum Gasteiger partial charge on any atom is -0.402 e. The minimum atomic E-state index is -4.01. The molecule has 48 valence electrons. The molecule has 4 nitrogen and oxygen atoms in total. The smallest absolute Gasteiger partial charge is 0.350 e. The van der Waals surface area contributed by atoms with Crippen LogP contribution in [-0.4, -0.2) is 9.79 Å². The molecule has 0 aromatic heterocycles. The quantitative estimate of drug-likeness (QED) is 0.443. The monoisotopic (exact) mass is 137 g/mol. The van der Waals surface area contributed by atoms with E-state index in [1.165, 1.54) is 6.92 Å². The van der Waals surface area contributed by atoms with Gasteiger partial charge < -0.3 is 15.5 Å². The maximum Gasteiger partial charge on any atom is 0.350 e. The summed E-state index contributed by atoms with van der Waals surface area (Å²) in [5.74, 6) is 0.715. The third-order valence-electron chi connectivity index (χ3n) is 0.372. The van der Waals surface area contributed by atoms with Gasteiger partial charge in [-0.3, -0.25) is 4.57 Å². The molecule has 0 amide bonds. The molecule has 4 N–H and O–H groups in total. The minimum absolute atomic E-state index is 0.137. The van der Waals surface area contributed by atoms with Crippen molar-refractivity contribution in [3.05, 3.63) is 11.5 Å². The summed E-state index contributed by atoms with van der Waals surface area (Å²) >= 11 is 0. The number of nitrogens with two attached hydrogens (primary N) is 1. The highest BCUT2D eigenvalue weighted by molar-refractivity contribution is 7.55. The molecular formula is C3H8NO3P. The number of hydrogen-bond acceptors (Lipinski definition) is 2. The van der Waals surface area contributed by atoms with Gasteiger partial charge in [-0.2, -0.15) is 0 Å². The molecule has 0 spiro atoms. The zero-order valence-corrected chi connectivity index (χ0v) is 5.30. The molecule has 0 aliphatic heterocycles. The van der Waals surface area contributed by atoms with Crippen LogP contribution in [0.5, 0.6) is 0 Å². The van der Waals surface area contributed by atoms with Crippen LogP contribution in [0.2, 0.25) is 0 Å². The summed E-state index contributed by atoms with van der Waals surface area (Å²) in [4.78, 5) is 16.3. The van der Waals surface area contributed by atoms with Gasteiger partial charge in [0.05, 0.1) is 0 Å². The van der Waals surface area contributed by atoms with Crippen LogP contribution in [0.15, 0.2) is 11.5 Å². The maximum absolute atomic E-state index is 9.98. The fraction of sp³-hybridized carbons (Fsp3) is 0.333. The van der Waals surface area contributed by atoms with Gasteiger partial charge in [-0.15, -0.1) is 0 Å². The summed E-state index contributed by atoms with van der Waals surface area (Å²) in [6.07, 6.45) is 0. The first-order valence-electron chi connectivity index (χ1n) is 1.92. The van der Waals surface area contributed by atoms with Crippen molar-refractivity contribution < 1.29 is 14.4 Å². The lowest BCUT2D eigenvalue weighted by Gasteiger charge is -1.93. The van der Waals surface area contributed by atoms with E-state index in [0.29, 0.717) is 5.82 Å². The van der Waals surface area contributed by atoms with E-state index in [-0.39, 0.29) is 5.70 Å². The molecule has 0 atom stereocenters. The molecule has 0 rings (SSSR count). The summed E-state index contributed by atoms with van der Waals surface area (Å²) in [5, 5.41) is 0. The second-order valence-corrected chi connectivity index (χ2v) is 2.90. The van der Waals surface area contributed by atoms with Crippen LogP contribution in [0.1, 0.15) is 6.92 Å². The predicted octanol–water partition coefficient (Wildman–Crippen LogP) is -0.0159. The Morgan fingerprint density at radius 2 is 2.12 bits per heavy atom. The number of hydrogen-bond donors (Lipinski definition) is 3. The molecular weight excluding hydrogens is 129 g/mol. The average Bonchev–Trinajstić information content (AvgIpc) is 1.21. The zero-order valence-electron chi connectivity index (χ0n) is 4.40. The van der Waals surface area contributed by atoms with Crippen molar-refractivity contribution in [3.63, 3.8) is 0 Å². The van der Waals surface area contributed by atoms with E-state index in [2.05, 4.69) is 0 Å². The molecule has 0 aliphatic rings. The van der Waals surface area contributed by atoms with E-state index in [1.54, 1.807) is 0 Å². The van der Waals surface area contributed by atoms with Crippen molar-refractivity contribution in [1.82, 2.24) is 0 Å². The van der Waals surface area contributed by atoms with Crippen LogP contribution in [0.3, 0.4) is 0 Å². The maximum atomic E-state index is 9.98. The van der Waals surface area contributed by atoms with E-state index in [1.807, 2.05) is 0 Å². The van der Waals surface area contributed by atoms with E-state index in [0.717, 1.165) is 0 Å². The molecule has 0 saturated heterocycles. The molecule has 8 heavy (non-hydrogen) atoms. The molecule has 0 heterocycles. The molecule has 5 heteroatoms. The van der Waals surface area contributed by atoms with E-state index in [4.69, 9.17) is 15.5 Å². The lowest BCUT2D eigenvalue weighted by atomic mass is 10.6. The van der Waals surface area contributed by atoms with Crippen molar-refractivity contribution in [2.24, 2.45) is 5.73 Å². The fourth-order valence-corrected chi connectivity index (χ4v) is 0.796. The van der Waals surface area contributed by atoms with Crippen LogP contribution in [0.25, 0.3) is 0 Å². The summed E-state index contributed by atoms with van der Waals surface area (Å²) in [7, 11) is -4.01. The largest absolute Gasteiger partial charge is 0.402 e. The summed E-state index contributed by atoms with van der Waals surface area (Å²) in [6, 6.07) is 0. The Morgan fingerprint density at radius 1 is 1.75 bits per heavy atom. The average molecular weight is 137 g/mol. The van der Waals surface area contributed by atoms with Gasteiger partial charge in [0, 0.05) is 11.5 Å². The van der Waals surface area contributed by atoms with E-state index < -0.39 is 7.60 Å². The molecule has 0 aromatic rings. The highest BCUT2D eigenvalue weighted by Gasteiger charge is 2.05. The van der Waals surface area contributed by atoms with Gasteiger partial charge in [0.1, 0.15) is 0 Å². The third-order valence-corrected chi connectivity index (χ3v) is 1.12. The molecule has 0 aromatic carbocycles. The van der Waals surface area contributed by atoms with Crippen LogP contribution >= 0.6 is 7.60 Å². The molecule has 0 unspecified atom stereocenters. The standard InChI is InChI=1S/C3H8NO3P/c1-3(4)2-8(5,6)7/h2H,4H2,1H3,(H2,5,6,7)/b3-2-. The first-order valence-corrected chi connectivity index (χ1v) is 3.60. The topological polar surface area (TPSA) is 83.6 Å². The zero-order chi connectivity index (χ0) is 6.78. The Hall–Kier alpha value is -0.310. The number of allylic oxidation sites excluding steroid dienone is 1. The summed E-state index contributed by atoms with van der Waals surface area (Å²) in [5.41, 5.74) is 5.08. The van der Waals surface area contributed by atoms with Crippen molar-refractivity contribution in [2.45, 2.75) is 6.92 Å². The Kier molecular flexibility index (Phi) is 2.22. The van der Waals surface area contributed by atoms with Crippen LogP contribution in [0.4, 0.5) is 0 Å². The van der Waals surface area contributed by atoms with Gasteiger partial charge in [0.25, 0.3) is 0 Å². The Bertz CT molecular complexity index is 143. The van der Waals surface area contributed by atoms with Crippen LogP contribution in [-0.2, 0) is 4.57 Å². The molecule has 0 radical (unpaired) electrons. The fourth-order valence-electron chi connectivity index (χ4n) is 0.265. The van der Waals surface area contributed by atoms with Gasteiger partial charge >= 0.3 is 7.60 Å². The summed E-state index contributed by atoms with van der Waals surface area (Å²) in [6.45, 7) is 1.42. The van der Waals surface area contributed by atoms with E-state index >= 15 is 0 Å². The normalized spacial score (nSPS) is 14.1. The van der Waals surface area contributed by atoms with Gasteiger partial charge in [-0.05, 0) is 6.92 Å². The summed E-state index contributed by atoms with van der Waals surface area (Å²) < 4.78 is 9.98. The van der Waals surface area contributed by atoms with Gasteiger partial charge in [-0.1, -0.05) is 0 Å². The first-order chi connectivity index (χ1) is 3.42. The van der Waals surface area contributed by atoms with E-state index in [9.17, 15) is 4.57 Å². The van der Waals surface area contributed by atoms with Crippen LogP contribution < -0.4 is 5.73 Å². The predicted molar refractivity (Wildman–Crippen MR) is 30.0 cm³/mol. The second kappa shape index (κ2) is 2.31. The highest BCUT2D eigenvalue weighted by atomic mass is 31.2. The first kappa shape index (κ1) is 7.69. The van der Waals surface area contributed by atoms with Crippen molar-refractivity contribution in [3.8, 4) is 0 Å². The number of rotatable bonds is 1. The lowest BCUT2D eigenvalue weighted by molar-refractivity contribution is 0.386. The molecule has 0 saturated carbocycles.